The predicted octanol–water partition coefficient (Wildman–Crippen LogP) is 2.51. The highest BCUT2D eigenvalue weighted by Gasteiger charge is 2.11. The van der Waals surface area contributed by atoms with E-state index < -0.39 is 0 Å². The first-order valence-electron chi connectivity index (χ1n) is 6.59. The van der Waals surface area contributed by atoms with E-state index >= 15 is 0 Å². The molecule has 3 heterocycles. The van der Waals surface area contributed by atoms with Crippen LogP contribution in [-0.4, -0.2) is 27.6 Å². The molecule has 0 aromatic carbocycles. The number of hydrogen-bond acceptors (Lipinski definition) is 4. The zero-order valence-electron chi connectivity index (χ0n) is 11.2. The van der Waals surface area contributed by atoms with Gasteiger partial charge in [0.1, 0.15) is 0 Å². The Hall–Kier alpha value is -2.47. The molecule has 3 aromatic heterocycles. The molecule has 1 amide bonds. The average molecular weight is 298 g/mol. The largest absolute Gasteiger partial charge is 0.350 e. The van der Waals surface area contributed by atoms with Crippen LogP contribution in [0.3, 0.4) is 0 Å². The molecule has 0 aliphatic heterocycles. The summed E-state index contributed by atoms with van der Waals surface area (Å²) in [5.74, 6) is -0.164. The van der Waals surface area contributed by atoms with Crippen LogP contribution in [-0.2, 0) is 6.42 Å². The van der Waals surface area contributed by atoms with Crippen LogP contribution in [0, 0.1) is 0 Å². The van der Waals surface area contributed by atoms with E-state index in [1.807, 2.05) is 29.6 Å². The Bertz CT molecular complexity index is 706. The van der Waals surface area contributed by atoms with E-state index in [9.17, 15) is 4.79 Å². The maximum absolute atomic E-state index is 12.0. The molecule has 0 saturated carbocycles. The van der Waals surface area contributed by atoms with Crippen molar-refractivity contribution in [3.05, 3.63) is 59.4 Å². The molecular weight excluding hydrogens is 284 g/mol. The minimum atomic E-state index is -0.164. The van der Waals surface area contributed by atoms with Crippen molar-refractivity contribution in [2.75, 3.05) is 6.54 Å². The summed E-state index contributed by atoms with van der Waals surface area (Å²) in [5, 5.41) is 11.8. The van der Waals surface area contributed by atoms with E-state index in [4.69, 9.17) is 0 Å². The monoisotopic (exact) mass is 298 g/mol. The minimum absolute atomic E-state index is 0.164. The van der Waals surface area contributed by atoms with Crippen LogP contribution in [0.1, 0.15) is 16.1 Å². The van der Waals surface area contributed by atoms with Crippen LogP contribution in [0.4, 0.5) is 0 Å². The molecule has 0 saturated heterocycles. The van der Waals surface area contributed by atoms with E-state index in [-0.39, 0.29) is 5.91 Å². The second-order valence-corrected chi connectivity index (χ2v) is 5.45. The predicted molar refractivity (Wildman–Crippen MR) is 82.2 cm³/mol. The number of aromatic nitrogens is 3. The van der Waals surface area contributed by atoms with Crippen LogP contribution in [0.15, 0.2) is 48.1 Å². The van der Waals surface area contributed by atoms with Gasteiger partial charge in [0, 0.05) is 18.9 Å². The first-order valence-corrected chi connectivity index (χ1v) is 7.47. The molecule has 0 fully saturated rings. The van der Waals surface area contributed by atoms with E-state index in [0.717, 1.165) is 22.6 Å². The second-order valence-electron chi connectivity index (χ2n) is 4.51. The lowest BCUT2D eigenvalue weighted by molar-refractivity contribution is 0.0949. The lowest BCUT2D eigenvalue weighted by Gasteiger charge is -2.02. The Labute approximate surface area is 126 Å². The van der Waals surface area contributed by atoms with Crippen molar-refractivity contribution >= 4 is 17.2 Å². The molecule has 0 bridgehead atoms. The number of rotatable bonds is 5. The van der Waals surface area contributed by atoms with Gasteiger partial charge in [-0.15, -0.1) is 11.3 Å². The van der Waals surface area contributed by atoms with Gasteiger partial charge in [-0.2, -0.15) is 5.10 Å². The third-order valence-corrected chi connectivity index (χ3v) is 3.95. The molecule has 3 aromatic rings. The molecule has 5 nitrogen and oxygen atoms in total. The molecule has 0 spiro atoms. The molecule has 0 atom stereocenters. The summed E-state index contributed by atoms with van der Waals surface area (Å²) in [6.07, 6.45) is 4.27. The fraction of sp³-hybridized carbons (Fsp3) is 0.133. The second kappa shape index (κ2) is 6.32. The number of carbonyl (C=O) groups is 1. The van der Waals surface area contributed by atoms with Gasteiger partial charge in [-0.1, -0.05) is 6.07 Å². The van der Waals surface area contributed by atoms with E-state index in [1.54, 1.807) is 29.8 Å². The highest BCUT2D eigenvalue weighted by atomic mass is 32.1. The molecule has 0 aliphatic carbocycles. The zero-order chi connectivity index (χ0) is 14.5. The van der Waals surface area contributed by atoms with Gasteiger partial charge in [0.05, 0.1) is 10.6 Å². The van der Waals surface area contributed by atoms with Gasteiger partial charge in [-0.3, -0.25) is 14.9 Å². The van der Waals surface area contributed by atoms with E-state index in [1.165, 1.54) is 0 Å². The maximum Gasteiger partial charge on any atom is 0.271 e. The number of H-pyrrole nitrogens is 1. The molecule has 0 radical (unpaired) electrons. The Balaban J connectivity index is 1.56. The van der Waals surface area contributed by atoms with Crippen molar-refractivity contribution in [3.8, 4) is 10.6 Å². The van der Waals surface area contributed by atoms with Crippen LogP contribution in [0.2, 0.25) is 0 Å². The average Bonchev–Trinajstić information content (AvgIpc) is 3.19. The molecule has 21 heavy (non-hydrogen) atoms. The normalized spacial score (nSPS) is 10.5. The third kappa shape index (κ3) is 3.35. The number of thiophene rings is 1. The van der Waals surface area contributed by atoms with Gasteiger partial charge in [0.15, 0.2) is 5.69 Å². The topological polar surface area (TPSA) is 70.7 Å². The summed E-state index contributed by atoms with van der Waals surface area (Å²) in [4.78, 5) is 17.0. The molecule has 106 valence electrons. The Morgan fingerprint density at radius 3 is 2.90 bits per heavy atom. The summed E-state index contributed by atoms with van der Waals surface area (Å²) >= 11 is 1.61. The van der Waals surface area contributed by atoms with Crippen molar-refractivity contribution in [2.45, 2.75) is 6.42 Å². The molecular formula is C15H14N4OS. The molecule has 6 heteroatoms. The van der Waals surface area contributed by atoms with Crippen LogP contribution < -0.4 is 5.32 Å². The Kier molecular flexibility index (Phi) is 4.07. The number of amides is 1. The van der Waals surface area contributed by atoms with Gasteiger partial charge in [0.2, 0.25) is 0 Å². The number of nitrogens with one attached hydrogen (secondary N) is 2. The number of carbonyl (C=O) groups excluding carboxylic acids is 1. The Morgan fingerprint density at radius 2 is 2.14 bits per heavy atom. The number of hydrogen-bond donors (Lipinski definition) is 2. The standard InChI is InChI=1S/C15H14N4OS/c20-15(17-8-5-11-3-6-16-7-4-11)13-10-12(18-19-13)14-2-1-9-21-14/h1-4,6-7,9-10H,5,8H2,(H,17,20)(H,18,19). The first-order chi connectivity index (χ1) is 10.3. The summed E-state index contributed by atoms with van der Waals surface area (Å²) in [5.41, 5.74) is 2.42. The van der Waals surface area contributed by atoms with Gasteiger partial charge in [-0.25, -0.2) is 0 Å². The van der Waals surface area contributed by atoms with Crippen LogP contribution in [0.25, 0.3) is 10.6 Å². The van der Waals surface area contributed by atoms with Crippen LogP contribution >= 0.6 is 11.3 Å². The van der Waals surface area contributed by atoms with Gasteiger partial charge < -0.3 is 5.32 Å². The summed E-state index contributed by atoms with van der Waals surface area (Å²) in [7, 11) is 0. The quantitative estimate of drug-likeness (QED) is 0.760. The SMILES string of the molecule is O=C(NCCc1ccncc1)c1cc(-c2cccs2)[nH]n1. The molecule has 3 rings (SSSR count). The molecule has 0 unspecified atom stereocenters. The molecule has 2 N–H and O–H groups in total. The lowest BCUT2D eigenvalue weighted by atomic mass is 10.2. The highest BCUT2D eigenvalue weighted by Crippen LogP contribution is 2.22. The zero-order valence-corrected chi connectivity index (χ0v) is 12.1. The van der Waals surface area contributed by atoms with E-state index in [2.05, 4.69) is 20.5 Å². The third-order valence-electron chi connectivity index (χ3n) is 3.05. The lowest BCUT2D eigenvalue weighted by Crippen LogP contribution is -2.26. The van der Waals surface area contributed by atoms with Gasteiger partial charge in [0.25, 0.3) is 5.91 Å². The Morgan fingerprint density at radius 1 is 1.29 bits per heavy atom. The van der Waals surface area contributed by atoms with Crippen molar-refractivity contribution in [3.63, 3.8) is 0 Å². The van der Waals surface area contributed by atoms with Gasteiger partial charge in [-0.05, 0) is 41.6 Å². The first kappa shape index (κ1) is 13.5. The van der Waals surface area contributed by atoms with Crippen molar-refractivity contribution < 1.29 is 4.79 Å². The fourth-order valence-electron chi connectivity index (χ4n) is 1.96. The number of aromatic amines is 1. The summed E-state index contributed by atoms with van der Waals surface area (Å²) in [6.45, 7) is 0.573. The summed E-state index contributed by atoms with van der Waals surface area (Å²) < 4.78 is 0. The molecule has 0 aliphatic rings. The minimum Gasteiger partial charge on any atom is -0.350 e. The summed E-state index contributed by atoms with van der Waals surface area (Å²) in [6, 6.07) is 9.61. The number of nitrogens with zero attached hydrogens (tertiary/aromatic N) is 2. The smallest absolute Gasteiger partial charge is 0.271 e. The van der Waals surface area contributed by atoms with Crippen LogP contribution in [0.5, 0.6) is 0 Å². The maximum atomic E-state index is 12.0. The fourth-order valence-corrected chi connectivity index (χ4v) is 2.65. The van der Waals surface area contributed by atoms with Crippen molar-refractivity contribution in [2.24, 2.45) is 0 Å². The highest BCUT2D eigenvalue weighted by molar-refractivity contribution is 7.13. The van der Waals surface area contributed by atoms with Gasteiger partial charge >= 0.3 is 0 Å². The number of pyridine rings is 1. The van der Waals surface area contributed by atoms with Crippen molar-refractivity contribution in [1.29, 1.82) is 0 Å². The van der Waals surface area contributed by atoms with E-state index in [0.29, 0.717) is 12.2 Å². The van der Waals surface area contributed by atoms with Crippen molar-refractivity contribution in [1.82, 2.24) is 20.5 Å².